The van der Waals surface area contributed by atoms with Crippen molar-refractivity contribution in [1.29, 1.82) is 10.5 Å². The molecule has 0 saturated carbocycles. The minimum absolute atomic E-state index is 0.186. The van der Waals surface area contributed by atoms with Gasteiger partial charge in [0, 0.05) is 0 Å². The lowest BCUT2D eigenvalue weighted by Crippen LogP contribution is -2.35. The Bertz CT molecular complexity index is 623. The highest BCUT2D eigenvalue weighted by Gasteiger charge is 2.14. The first-order chi connectivity index (χ1) is 8.40. The Balaban J connectivity index is 2.89. The third-order valence-corrected chi connectivity index (χ3v) is 3.85. The predicted molar refractivity (Wildman–Crippen MR) is 66.7 cm³/mol. The van der Waals surface area contributed by atoms with E-state index in [2.05, 4.69) is 10.3 Å². The first-order valence-corrected chi connectivity index (χ1v) is 6.66. The van der Waals surface area contributed by atoms with Crippen molar-refractivity contribution >= 4 is 15.7 Å². The quantitative estimate of drug-likeness (QED) is 0.792. The van der Waals surface area contributed by atoms with Crippen LogP contribution in [0.4, 0.5) is 5.69 Å². The molecule has 1 rings (SSSR count). The van der Waals surface area contributed by atoms with Crippen molar-refractivity contribution in [2.45, 2.75) is 19.1 Å². The monoisotopic (exact) mass is 264 g/mol. The van der Waals surface area contributed by atoms with Crippen LogP contribution in [0.15, 0.2) is 18.2 Å². The van der Waals surface area contributed by atoms with E-state index in [0.29, 0.717) is 5.69 Å². The molecule has 0 bridgehead atoms. The number of hydrogen-bond donors (Lipinski definition) is 2. The number of benzene rings is 1. The maximum absolute atomic E-state index is 11.5. The first-order valence-electron chi connectivity index (χ1n) is 5.11. The van der Waals surface area contributed by atoms with Gasteiger partial charge in [0.2, 0.25) is 10.0 Å². The zero-order chi connectivity index (χ0) is 13.8. The van der Waals surface area contributed by atoms with Gasteiger partial charge in [-0.05, 0) is 32.0 Å². The molecule has 0 radical (unpaired) electrons. The first kappa shape index (κ1) is 14.0. The number of hydrazine groups is 1. The maximum Gasteiger partial charge on any atom is 0.230 e. The summed E-state index contributed by atoms with van der Waals surface area (Å²) in [7, 11) is -3.44. The minimum atomic E-state index is -3.44. The van der Waals surface area contributed by atoms with Crippen molar-refractivity contribution in [1.82, 2.24) is 4.83 Å². The molecule has 7 heteroatoms. The topological polar surface area (TPSA) is 106 Å². The fourth-order valence-electron chi connectivity index (χ4n) is 1.06. The zero-order valence-electron chi connectivity index (χ0n) is 9.93. The van der Waals surface area contributed by atoms with E-state index in [4.69, 9.17) is 10.5 Å². The normalized spacial score (nSPS) is 10.7. The van der Waals surface area contributed by atoms with Crippen LogP contribution in [0.3, 0.4) is 0 Å². The van der Waals surface area contributed by atoms with Crippen molar-refractivity contribution in [3.05, 3.63) is 29.3 Å². The second-order valence-electron chi connectivity index (χ2n) is 3.80. The summed E-state index contributed by atoms with van der Waals surface area (Å²) in [5, 5.41) is 17.0. The number of hydrogen-bond acceptors (Lipinski definition) is 5. The van der Waals surface area contributed by atoms with Gasteiger partial charge in [0.25, 0.3) is 0 Å². The number of rotatable bonds is 4. The highest BCUT2D eigenvalue weighted by Crippen LogP contribution is 2.14. The van der Waals surface area contributed by atoms with Crippen LogP contribution in [0.5, 0.6) is 0 Å². The van der Waals surface area contributed by atoms with Crippen molar-refractivity contribution in [2.24, 2.45) is 0 Å². The van der Waals surface area contributed by atoms with E-state index in [1.807, 2.05) is 12.1 Å². The highest BCUT2D eigenvalue weighted by atomic mass is 32.2. The molecule has 0 aliphatic rings. The van der Waals surface area contributed by atoms with Crippen LogP contribution in [0, 0.1) is 22.7 Å². The molecule has 0 atom stereocenters. The second-order valence-corrected chi connectivity index (χ2v) is 6.04. The van der Waals surface area contributed by atoms with E-state index in [1.54, 1.807) is 13.8 Å². The standard InChI is InChI=1S/C11H12N4O2S/c1-8(2)18(16,17)15-14-11-4-3-9(6-12)10(5-11)7-13/h3-5,8,14-15H,1-2H3. The molecule has 1 aromatic carbocycles. The molecule has 2 N–H and O–H groups in total. The molecule has 0 amide bonds. The summed E-state index contributed by atoms with van der Waals surface area (Å²) in [6.45, 7) is 3.09. The van der Waals surface area contributed by atoms with Gasteiger partial charge < -0.3 is 5.43 Å². The smallest absolute Gasteiger partial charge is 0.230 e. The molecule has 1 aromatic rings. The van der Waals surface area contributed by atoms with Crippen molar-refractivity contribution in [2.75, 3.05) is 5.43 Å². The van der Waals surface area contributed by atoms with Gasteiger partial charge >= 0.3 is 0 Å². The van der Waals surface area contributed by atoms with Crippen molar-refractivity contribution in [3.63, 3.8) is 0 Å². The molecule has 6 nitrogen and oxygen atoms in total. The Hall–Kier alpha value is -2.09. The lowest BCUT2D eigenvalue weighted by molar-refractivity contribution is 0.578. The number of sulfonamides is 1. The van der Waals surface area contributed by atoms with Gasteiger partial charge in [-0.1, -0.05) is 0 Å². The summed E-state index contributed by atoms with van der Waals surface area (Å²) in [6.07, 6.45) is 0. The van der Waals surface area contributed by atoms with Crippen LogP contribution in [-0.2, 0) is 10.0 Å². The van der Waals surface area contributed by atoms with Gasteiger partial charge in [-0.3, -0.25) is 0 Å². The molecule has 0 fully saturated rings. The van der Waals surface area contributed by atoms with E-state index >= 15 is 0 Å². The molecule has 0 saturated heterocycles. The highest BCUT2D eigenvalue weighted by molar-refractivity contribution is 7.90. The molecule has 0 unspecified atom stereocenters. The second kappa shape index (κ2) is 5.50. The predicted octanol–water partition coefficient (Wildman–Crippen LogP) is 1.08. The lowest BCUT2D eigenvalue weighted by atomic mass is 10.1. The molecule has 0 aliphatic carbocycles. The van der Waals surface area contributed by atoms with Crippen LogP contribution in [0.25, 0.3) is 0 Å². The average Bonchev–Trinajstić information content (AvgIpc) is 2.35. The number of nitrogens with one attached hydrogen (secondary N) is 2. The van der Waals surface area contributed by atoms with Gasteiger partial charge in [0.1, 0.15) is 12.1 Å². The molecule has 0 spiro atoms. The third-order valence-electron chi connectivity index (χ3n) is 2.22. The third kappa shape index (κ3) is 3.20. The van der Waals surface area contributed by atoms with Gasteiger partial charge in [-0.15, -0.1) is 4.83 Å². The molecular formula is C11H12N4O2S. The molecule has 0 aliphatic heterocycles. The number of anilines is 1. The van der Waals surface area contributed by atoms with E-state index in [9.17, 15) is 8.42 Å². The van der Waals surface area contributed by atoms with E-state index < -0.39 is 15.3 Å². The Labute approximate surface area is 106 Å². The van der Waals surface area contributed by atoms with E-state index in [0.717, 1.165) is 0 Å². The van der Waals surface area contributed by atoms with Crippen LogP contribution in [0.2, 0.25) is 0 Å². The lowest BCUT2D eigenvalue weighted by Gasteiger charge is -2.11. The van der Waals surface area contributed by atoms with Crippen molar-refractivity contribution in [3.8, 4) is 12.1 Å². The molecule has 0 aromatic heterocycles. The molecule has 94 valence electrons. The van der Waals surface area contributed by atoms with Crippen LogP contribution in [0.1, 0.15) is 25.0 Å². The summed E-state index contributed by atoms with van der Waals surface area (Å²) >= 11 is 0. The summed E-state index contributed by atoms with van der Waals surface area (Å²) in [5.74, 6) is 0. The number of nitrogens with zero attached hydrogens (tertiary/aromatic N) is 2. The summed E-state index contributed by atoms with van der Waals surface area (Å²) in [6, 6.07) is 8.11. The largest absolute Gasteiger partial charge is 0.308 e. The fourth-order valence-corrected chi connectivity index (χ4v) is 1.56. The average molecular weight is 264 g/mol. The van der Waals surface area contributed by atoms with E-state index in [-0.39, 0.29) is 11.1 Å². The van der Waals surface area contributed by atoms with Crippen LogP contribution in [-0.4, -0.2) is 13.7 Å². The summed E-state index contributed by atoms with van der Waals surface area (Å²) in [5.41, 5.74) is 3.32. The van der Waals surface area contributed by atoms with Gasteiger partial charge in [-0.2, -0.15) is 10.5 Å². The zero-order valence-corrected chi connectivity index (χ0v) is 10.7. The summed E-state index contributed by atoms with van der Waals surface area (Å²) < 4.78 is 23.0. The Morgan fingerprint density at radius 2 is 1.78 bits per heavy atom. The Morgan fingerprint density at radius 1 is 1.17 bits per heavy atom. The van der Waals surface area contributed by atoms with Crippen LogP contribution >= 0.6 is 0 Å². The van der Waals surface area contributed by atoms with Crippen molar-refractivity contribution < 1.29 is 8.42 Å². The fraction of sp³-hybridized carbons (Fsp3) is 0.273. The minimum Gasteiger partial charge on any atom is -0.308 e. The molecule has 0 heterocycles. The summed E-state index contributed by atoms with van der Waals surface area (Å²) in [4.78, 5) is 2.19. The Kier molecular flexibility index (Phi) is 4.27. The van der Waals surface area contributed by atoms with Gasteiger partial charge in [0.05, 0.1) is 22.1 Å². The number of nitriles is 2. The van der Waals surface area contributed by atoms with E-state index in [1.165, 1.54) is 18.2 Å². The Morgan fingerprint density at radius 3 is 2.28 bits per heavy atom. The van der Waals surface area contributed by atoms with Crippen LogP contribution < -0.4 is 10.3 Å². The maximum atomic E-state index is 11.5. The van der Waals surface area contributed by atoms with Gasteiger partial charge in [0.15, 0.2) is 0 Å². The SMILES string of the molecule is CC(C)S(=O)(=O)NNc1ccc(C#N)c(C#N)c1. The van der Waals surface area contributed by atoms with Gasteiger partial charge in [-0.25, -0.2) is 8.42 Å². The molecule has 18 heavy (non-hydrogen) atoms. The molecular weight excluding hydrogens is 252 g/mol.